The van der Waals surface area contributed by atoms with Gasteiger partial charge in [0.15, 0.2) is 0 Å². The fraction of sp³-hybridized carbons (Fsp3) is 0. The average molecular weight is 297 g/mol. The number of benzene rings is 3. The number of phenolic OH excluding ortho intramolecular Hbond substituents is 1. The van der Waals surface area contributed by atoms with Crippen molar-refractivity contribution in [3.05, 3.63) is 70.8 Å². The van der Waals surface area contributed by atoms with Crippen molar-refractivity contribution >= 4 is 28.2 Å². The van der Waals surface area contributed by atoms with Gasteiger partial charge in [0.1, 0.15) is 5.75 Å². The molecule has 0 saturated heterocycles. The van der Waals surface area contributed by atoms with Gasteiger partial charge in [0, 0.05) is 17.0 Å². The molecule has 0 aliphatic carbocycles. The molecule has 104 valence electrons. The van der Waals surface area contributed by atoms with E-state index in [1.54, 1.807) is 18.2 Å². The van der Waals surface area contributed by atoms with Gasteiger partial charge < -0.3 is 5.11 Å². The van der Waals surface area contributed by atoms with Crippen LogP contribution in [-0.4, -0.2) is 10.0 Å². The smallest absolute Gasteiger partial charge is 0.270 e. The number of fused-ring (bicyclic) bond motifs is 1. The molecular formula is C16H11NO3S. The van der Waals surface area contributed by atoms with Crippen molar-refractivity contribution < 1.29 is 10.0 Å². The number of non-ortho nitro benzene ring substituents is 1. The molecule has 0 bridgehead atoms. The number of nitrogens with zero attached hydrogens (tertiary/aromatic N) is 1. The molecule has 0 spiro atoms. The Balaban J connectivity index is 2.07. The Morgan fingerprint density at radius 2 is 1.81 bits per heavy atom. The summed E-state index contributed by atoms with van der Waals surface area (Å²) in [6, 6.07) is 17.6. The molecule has 0 aromatic heterocycles. The van der Waals surface area contributed by atoms with Gasteiger partial charge in [0.05, 0.1) is 9.82 Å². The highest BCUT2D eigenvalue weighted by Crippen LogP contribution is 2.40. The first-order chi connectivity index (χ1) is 10.1. The van der Waals surface area contributed by atoms with Gasteiger partial charge in [-0.25, -0.2) is 0 Å². The lowest BCUT2D eigenvalue weighted by Gasteiger charge is -2.08. The van der Waals surface area contributed by atoms with E-state index in [4.69, 9.17) is 0 Å². The summed E-state index contributed by atoms with van der Waals surface area (Å²) in [4.78, 5) is 11.8. The molecule has 3 aromatic rings. The first-order valence-electron chi connectivity index (χ1n) is 6.28. The molecule has 0 aliphatic rings. The van der Waals surface area contributed by atoms with Crippen LogP contribution in [0.5, 0.6) is 5.75 Å². The van der Waals surface area contributed by atoms with Crippen molar-refractivity contribution in [3.8, 4) is 5.75 Å². The minimum absolute atomic E-state index is 0.0414. The number of rotatable bonds is 3. The number of aromatic hydroxyl groups is 1. The van der Waals surface area contributed by atoms with Gasteiger partial charge in [-0.05, 0) is 22.9 Å². The summed E-state index contributed by atoms with van der Waals surface area (Å²) < 4.78 is 0. The van der Waals surface area contributed by atoms with Gasteiger partial charge in [-0.1, -0.05) is 48.2 Å². The van der Waals surface area contributed by atoms with Gasteiger partial charge in [0.2, 0.25) is 0 Å². The van der Waals surface area contributed by atoms with Gasteiger partial charge in [-0.3, -0.25) is 10.1 Å². The number of nitro benzene ring substituents is 1. The molecule has 3 aromatic carbocycles. The van der Waals surface area contributed by atoms with E-state index in [1.165, 1.54) is 23.9 Å². The van der Waals surface area contributed by atoms with Crippen LogP contribution in [0.3, 0.4) is 0 Å². The summed E-state index contributed by atoms with van der Waals surface area (Å²) in [5.74, 6) is 0.171. The molecule has 0 unspecified atom stereocenters. The highest BCUT2D eigenvalue weighted by Gasteiger charge is 2.11. The van der Waals surface area contributed by atoms with E-state index >= 15 is 0 Å². The van der Waals surface area contributed by atoms with Gasteiger partial charge in [-0.15, -0.1) is 0 Å². The van der Waals surface area contributed by atoms with E-state index < -0.39 is 4.92 Å². The quantitative estimate of drug-likeness (QED) is 0.566. The molecule has 0 saturated carbocycles. The Kier molecular flexibility index (Phi) is 3.50. The summed E-state index contributed by atoms with van der Waals surface area (Å²) in [7, 11) is 0. The maximum Gasteiger partial charge on any atom is 0.270 e. The number of hydrogen-bond donors (Lipinski definition) is 1. The van der Waals surface area contributed by atoms with Crippen LogP contribution in [0.2, 0.25) is 0 Å². The third-order valence-corrected chi connectivity index (χ3v) is 4.23. The SMILES string of the molecule is O=[N+]([O-])c1cccc(Sc2c(O)ccc3ccccc23)c1. The molecule has 0 atom stereocenters. The highest BCUT2D eigenvalue weighted by atomic mass is 32.2. The summed E-state index contributed by atoms with van der Waals surface area (Å²) in [6.45, 7) is 0. The monoisotopic (exact) mass is 297 g/mol. The standard InChI is InChI=1S/C16H11NO3S/c18-15-9-8-11-4-1-2-7-14(11)16(15)21-13-6-3-5-12(10-13)17(19)20/h1-10,18H. The molecule has 5 heteroatoms. The van der Waals surface area contributed by atoms with Crippen LogP contribution >= 0.6 is 11.8 Å². The molecule has 1 N–H and O–H groups in total. The van der Waals surface area contributed by atoms with Crippen LogP contribution in [0.25, 0.3) is 10.8 Å². The van der Waals surface area contributed by atoms with E-state index in [2.05, 4.69) is 0 Å². The van der Waals surface area contributed by atoms with Crippen LogP contribution in [0.15, 0.2) is 70.5 Å². The van der Waals surface area contributed by atoms with Crippen molar-refractivity contribution in [1.82, 2.24) is 0 Å². The van der Waals surface area contributed by atoms with Crippen LogP contribution in [0.4, 0.5) is 5.69 Å². The zero-order valence-electron chi connectivity index (χ0n) is 10.9. The predicted molar refractivity (Wildman–Crippen MR) is 82.8 cm³/mol. The van der Waals surface area contributed by atoms with Crippen molar-refractivity contribution in [2.75, 3.05) is 0 Å². The normalized spacial score (nSPS) is 10.7. The summed E-state index contributed by atoms with van der Waals surface area (Å²) in [5.41, 5.74) is 0.0414. The van der Waals surface area contributed by atoms with Gasteiger partial charge >= 0.3 is 0 Å². The largest absolute Gasteiger partial charge is 0.507 e. The molecule has 0 aliphatic heterocycles. The second kappa shape index (κ2) is 5.46. The molecular weight excluding hydrogens is 286 g/mol. The van der Waals surface area contributed by atoms with Crippen molar-refractivity contribution in [2.45, 2.75) is 9.79 Å². The Bertz CT molecular complexity index is 833. The zero-order valence-corrected chi connectivity index (χ0v) is 11.7. The molecule has 3 rings (SSSR count). The Labute approximate surface area is 125 Å². The Morgan fingerprint density at radius 1 is 1.00 bits per heavy atom. The fourth-order valence-electron chi connectivity index (χ4n) is 2.12. The fourth-order valence-corrected chi connectivity index (χ4v) is 3.15. The van der Waals surface area contributed by atoms with Crippen LogP contribution < -0.4 is 0 Å². The average Bonchev–Trinajstić information content (AvgIpc) is 2.50. The second-order valence-corrected chi connectivity index (χ2v) is 5.58. The summed E-state index contributed by atoms with van der Waals surface area (Å²) in [6.07, 6.45) is 0. The molecule has 0 amide bonds. The minimum Gasteiger partial charge on any atom is -0.507 e. The Hall–Kier alpha value is -2.53. The van der Waals surface area contributed by atoms with Gasteiger partial charge in [-0.2, -0.15) is 0 Å². The lowest BCUT2D eigenvalue weighted by Crippen LogP contribution is -1.87. The van der Waals surface area contributed by atoms with E-state index in [1.807, 2.05) is 30.3 Å². The minimum atomic E-state index is -0.424. The van der Waals surface area contributed by atoms with Crippen LogP contribution in [0.1, 0.15) is 0 Å². The molecule has 0 heterocycles. The summed E-state index contributed by atoms with van der Waals surface area (Å²) >= 11 is 1.32. The number of hydrogen-bond acceptors (Lipinski definition) is 4. The van der Waals surface area contributed by atoms with E-state index in [0.29, 0.717) is 4.90 Å². The maximum absolute atomic E-state index is 10.8. The van der Waals surface area contributed by atoms with Crippen molar-refractivity contribution in [3.63, 3.8) is 0 Å². The lowest BCUT2D eigenvalue weighted by atomic mass is 10.1. The van der Waals surface area contributed by atoms with Crippen molar-refractivity contribution in [1.29, 1.82) is 0 Å². The third kappa shape index (κ3) is 2.68. The number of nitro groups is 1. The first kappa shape index (κ1) is 13.5. The molecule has 0 radical (unpaired) electrons. The molecule has 21 heavy (non-hydrogen) atoms. The maximum atomic E-state index is 10.8. The Morgan fingerprint density at radius 3 is 2.62 bits per heavy atom. The summed E-state index contributed by atoms with van der Waals surface area (Å²) in [5, 5.41) is 22.9. The lowest BCUT2D eigenvalue weighted by molar-refractivity contribution is -0.385. The highest BCUT2D eigenvalue weighted by molar-refractivity contribution is 7.99. The zero-order chi connectivity index (χ0) is 14.8. The molecule has 0 fully saturated rings. The van der Waals surface area contributed by atoms with Crippen LogP contribution in [-0.2, 0) is 0 Å². The number of phenols is 1. The van der Waals surface area contributed by atoms with E-state index in [9.17, 15) is 15.2 Å². The van der Waals surface area contributed by atoms with Crippen molar-refractivity contribution in [2.24, 2.45) is 0 Å². The third-order valence-electron chi connectivity index (χ3n) is 3.11. The van der Waals surface area contributed by atoms with Gasteiger partial charge in [0.25, 0.3) is 5.69 Å². The second-order valence-electron chi connectivity index (χ2n) is 4.49. The topological polar surface area (TPSA) is 63.4 Å². The molecule has 4 nitrogen and oxygen atoms in total. The van der Waals surface area contributed by atoms with E-state index in [0.717, 1.165) is 15.7 Å². The van der Waals surface area contributed by atoms with E-state index in [-0.39, 0.29) is 11.4 Å². The first-order valence-corrected chi connectivity index (χ1v) is 7.10. The van der Waals surface area contributed by atoms with Crippen LogP contribution in [0, 0.1) is 10.1 Å². The predicted octanol–water partition coefficient (Wildman–Crippen LogP) is 4.60.